The minimum atomic E-state index is -0.226. The van der Waals surface area contributed by atoms with E-state index in [-0.39, 0.29) is 23.7 Å². The van der Waals surface area contributed by atoms with Gasteiger partial charge >= 0.3 is 5.97 Å². The van der Waals surface area contributed by atoms with Gasteiger partial charge in [0.25, 0.3) is 0 Å². The number of esters is 1. The van der Waals surface area contributed by atoms with Crippen LogP contribution in [0.25, 0.3) is 11.0 Å². The van der Waals surface area contributed by atoms with Crippen molar-refractivity contribution in [2.75, 3.05) is 13.1 Å². The molecule has 27 heavy (non-hydrogen) atoms. The molecule has 5 nitrogen and oxygen atoms in total. The molecule has 0 radical (unpaired) electrons. The number of carbonyl (C=O) groups excluding carboxylic acids is 2. The average molecular weight is 367 g/mol. The number of likely N-dealkylation sites (tertiary alicyclic amines) is 1. The number of rotatable bonds is 3. The fourth-order valence-corrected chi connectivity index (χ4v) is 4.46. The Bertz CT molecular complexity index is 895. The van der Waals surface area contributed by atoms with Crippen molar-refractivity contribution in [2.45, 2.75) is 51.4 Å². The third-order valence-corrected chi connectivity index (χ3v) is 6.14. The van der Waals surface area contributed by atoms with Gasteiger partial charge in [0.2, 0.25) is 5.91 Å². The molecule has 1 aromatic heterocycles. The maximum Gasteiger partial charge on any atom is 0.316 e. The van der Waals surface area contributed by atoms with Crippen LogP contribution in [0.4, 0.5) is 0 Å². The molecule has 0 spiro atoms. The molecule has 1 amide bonds. The summed E-state index contributed by atoms with van der Waals surface area (Å²) in [6.07, 6.45) is 8.03. The highest BCUT2D eigenvalue weighted by molar-refractivity contribution is 5.86. The number of aryl methyl sites for hydroxylation is 2. The molecule has 0 bridgehead atoms. The zero-order valence-corrected chi connectivity index (χ0v) is 15.5. The summed E-state index contributed by atoms with van der Waals surface area (Å²) >= 11 is 0. The van der Waals surface area contributed by atoms with E-state index in [1.165, 1.54) is 18.4 Å². The first-order chi connectivity index (χ1) is 13.2. The molecule has 5 rings (SSSR count). The van der Waals surface area contributed by atoms with E-state index in [1.807, 2.05) is 23.1 Å². The van der Waals surface area contributed by atoms with E-state index in [9.17, 15) is 9.59 Å². The zero-order chi connectivity index (χ0) is 18.4. The predicted molar refractivity (Wildman–Crippen MR) is 101 cm³/mol. The van der Waals surface area contributed by atoms with E-state index in [2.05, 4.69) is 0 Å². The lowest BCUT2D eigenvalue weighted by Gasteiger charge is -2.31. The van der Waals surface area contributed by atoms with Crippen LogP contribution in [0.3, 0.4) is 0 Å². The molecule has 2 aromatic rings. The summed E-state index contributed by atoms with van der Waals surface area (Å²) in [5.41, 5.74) is 2.15. The summed E-state index contributed by atoms with van der Waals surface area (Å²) in [7, 11) is 0. The third kappa shape index (κ3) is 3.24. The van der Waals surface area contributed by atoms with Gasteiger partial charge in [-0.1, -0.05) is 0 Å². The molecular formula is C22H25NO4. The second-order valence-corrected chi connectivity index (χ2v) is 8.19. The number of hydrogen-bond acceptors (Lipinski definition) is 4. The van der Waals surface area contributed by atoms with Crippen LogP contribution in [-0.2, 0) is 22.4 Å². The van der Waals surface area contributed by atoms with Crippen LogP contribution in [0.1, 0.15) is 49.8 Å². The summed E-state index contributed by atoms with van der Waals surface area (Å²) in [6, 6.07) is 5.65. The number of ether oxygens (including phenoxy) is 1. The van der Waals surface area contributed by atoms with Gasteiger partial charge in [-0.2, -0.15) is 0 Å². The van der Waals surface area contributed by atoms with Crippen molar-refractivity contribution in [3.05, 3.63) is 29.5 Å². The second kappa shape index (κ2) is 6.70. The molecule has 142 valence electrons. The predicted octanol–water partition coefficient (Wildman–Crippen LogP) is 3.87. The number of fused-ring (bicyclic) bond motifs is 3. The van der Waals surface area contributed by atoms with Crippen molar-refractivity contribution >= 4 is 22.8 Å². The normalized spacial score (nSPS) is 22.5. The van der Waals surface area contributed by atoms with Crippen molar-refractivity contribution in [3.63, 3.8) is 0 Å². The highest BCUT2D eigenvalue weighted by atomic mass is 16.5. The van der Waals surface area contributed by atoms with Crippen molar-refractivity contribution in [1.82, 2.24) is 4.90 Å². The molecule has 1 aliphatic heterocycles. The Morgan fingerprint density at radius 2 is 1.89 bits per heavy atom. The summed E-state index contributed by atoms with van der Waals surface area (Å²) < 4.78 is 11.7. The Labute approximate surface area is 158 Å². The number of hydrogen-bond donors (Lipinski definition) is 0. The summed E-state index contributed by atoms with van der Waals surface area (Å²) in [5.74, 6) is 1.64. The first kappa shape index (κ1) is 16.8. The van der Waals surface area contributed by atoms with Crippen molar-refractivity contribution in [3.8, 4) is 5.75 Å². The molecule has 0 N–H and O–H groups in total. The number of benzene rings is 1. The van der Waals surface area contributed by atoms with Crippen LogP contribution in [-0.4, -0.2) is 29.9 Å². The smallest absolute Gasteiger partial charge is 0.316 e. The minimum absolute atomic E-state index is 0.203. The maximum absolute atomic E-state index is 12.7. The van der Waals surface area contributed by atoms with E-state index >= 15 is 0 Å². The first-order valence-electron chi connectivity index (χ1n) is 10.2. The summed E-state index contributed by atoms with van der Waals surface area (Å²) in [4.78, 5) is 26.9. The van der Waals surface area contributed by atoms with Gasteiger partial charge < -0.3 is 14.1 Å². The molecule has 2 aliphatic carbocycles. The van der Waals surface area contributed by atoms with Crippen LogP contribution in [0.2, 0.25) is 0 Å². The molecule has 1 saturated carbocycles. The van der Waals surface area contributed by atoms with Crippen molar-refractivity contribution in [2.24, 2.45) is 11.8 Å². The van der Waals surface area contributed by atoms with Gasteiger partial charge in [0.05, 0.1) is 5.92 Å². The Hall–Kier alpha value is -2.30. The monoisotopic (exact) mass is 367 g/mol. The topological polar surface area (TPSA) is 59.8 Å². The van der Waals surface area contributed by atoms with Crippen molar-refractivity contribution < 1.29 is 18.7 Å². The highest BCUT2D eigenvalue weighted by Crippen LogP contribution is 2.35. The lowest BCUT2D eigenvalue weighted by Crippen LogP contribution is -2.44. The summed E-state index contributed by atoms with van der Waals surface area (Å²) in [6.45, 7) is 1.27. The van der Waals surface area contributed by atoms with Gasteiger partial charge in [0.15, 0.2) is 0 Å². The SMILES string of the molecule is O=C(Oc1ccc2oc3c(c2c1)CCCC3)C1CCCN(C(=O)C2CC2)C1. The third-order valence-electron chi connectivity index (χ3n) is 6.14. The van der Waals surface area contributed by atoms with Gasteiger partial charge in [-0.25, -0.2) is 0 Å². The second-order valence-electron chi connectivity index (χ2n) is 8.19. The number of carbonyl (C=O) groups is 2. The fraction of sp³-hybridized carbons (Fsp3) is 0.545. The van der Waals surface area contributed by atoms with Crippen molar-refractivity contribution in [1.29, 1.82) is 0 Å². The molecule has 3 aliphatic rings. The Balaban J connectivity index is 1.30. The van der Waals surface area contributed by atoms with E-state index in [0.717, 1.165) is 61.8 Å². The maximum atomic E-state index is 12.7. The largest absolute Gasteiger partial charge is 0.461 e. The van der Waals surface area contributed by atoms with Crippen LogP contribution < -0.4 is 4.74 Å². The van der Waals surface area contributed by atoms with E-state index in [4.69, 9.17) is 9.15 Å². The molecule has 2 heterocycles. The number of nitrogens with zero attached hydrogens (tertiary/aromatic N) is 1. The summed E-state index contributed by atoms with van der Waals surface area (Å²) in [5, 5.41) is 1.07. The molecule has 1 aromatic carbocycles. The van der Waals surface area contributed by atoms with Crippen LogP contribution >= 0.6 is 0 Å². The van der Waals surface area contributed by atoms with Gasteiger partial charge in [-0.15, -0.1) is 0 Å². The van der Waals surface area contributed by atoms with E-state index in [1.54, 1.807) is 0 Å². The lowest BCUT2D eigenvalue weighted by molar-refractivity contribution is -0.143. The lowest BCUT2D eigenvalue weighted by atomic mass is 9.96. The molecule has 1 atom stereocenters. The number of furan rings is 1. The molecule has 1 saturated heterocycles. The average Bonchev–Trinajstić information content (AvgIpc) is 3.49. The Morgan fingerprint density at radius 1 is 1.04 bits per heavy atom. The molecule has 5 heteroatoms. The Kier molecular flexibility index (Phi) is 4.18. The minimum Gasteiger partial charge on any atom is -0.461 e. The number of piperidine rings is 1. The zero-order valence-electron chi connectivity index (χ0n) is 15.5. The van der Waals surface area contributed by atoms with Gasteiger partial charge in [0, 0.05) is 36.4 Å². The molecule has 1 unspecified atom stereocenters. The van der Waals surface area contributed by atoms with Crippen LogP contribution in [0.5, 0.6) is 5.75 Å². The van der Waals surface area contributed by atoms with E-state index < -0.39 is 0 Å². The fourth-order valence-electron chi connectivity index (χ4n) is 4.46. The van der Waals surface area contributed by atoms with Crippen LogP contribution in [0.15, 0.2) is 22.6 Å². The van der Waals surface area contributed by atoms with Gasteiger partial charge in [-0.3, -0.25) is 9.59 Å². The first-order valence-corrected chi connectivity index (χ1v) is 10.2. The standard InChI is InChI=1S/C22H25NO4/c24-21(14-7-8-14)23-11-3-4-15(13-23)22(25)26-16-9-10-20-18(12-16)17-5-1-2-6-19(17)27-20/h9-10,12,14-15H,1-8,11,13H2. The van der Waals surface area contributed by atoms with Gasteiger partial charge in [-0.05, 0) is 63.1 Å². The molecular weight excluding hydrogens is 342 g/mol. The number of amides is 1. The highest BCUT2D eigenvalue weighted by Gasteiger charge is 2.37. The quantitative estimate of drug-likeness (QED) is 0.610. The Morgan fingerprint density at radius 3 is 2.74 bits per heavy atom. The molecule has 2 fully saturated rings. The van der Waals surface area contributed by atoms with Crippen LogP contribution in [0, 0.1) is 11.8 Å². The van der Waals surface area contributed by atoms with Gasteiger partial charge in [0.1, 0.15) is 17.1 Å². The van der Waals surface area contributed by atoms with E-state index in [0.29, 0.717) is 12.3 Å².